The Morgan fingerprint density at radius 3 is 2.74 bits per heavy atom. The number of benzene rings is 1. The van der Waals surface area contributed by atoms with Crippen molar-refractivity contribution < 1.29 is 9.47 Å². The van der Waals surface area contributed by atoms with Crippen molar-refractivity contribution in [1.82, 2.24) is 4.98 Å². The molecule has 96 valence electrons. The van der Waals surface area contributed by atoms with E-state index in [9.17, 15) is 0 Å². The fraction of sp³-hybridized carbons (Fsp3) is 0.200. The monoisotopic (exact) mass is 254 g/mol. The SMILES string of the molecule is CCc1ccc(Oc2cnccc2C#N)c(OC)c1. The van der Waals surface area contributed by atoms with Gasteiger partial charge in [0.05, 0.1) is 18.9 Å². The van der Waals surface area contributed by atoms with Gasteiger partial charge < -0.3 is 9.47 Å². The van der Waals surface area contributed by atoms with Crippen LogP contribution in [0.4, 0.5) is 0 Å². The molecule has 2 rings (SSSR count). The number of rotatable bonds is 4. The van der Waals surface area contributed by atoms with E-state index >= 15 is 0 Å². The van der Waals surface area contributed by atoms with Crippen LogP contribution in [0.2, 0.25) is 0 Å². The number of aryl methyl sites for hydroxylation is 1. The zero-order chi connectivity index (χ0) is 13.7. The van der Waals surface area contributed by atoms with Crippen LogP contribution in [0.5, 0.6) is 17.2 Å². The average Bonchev–Trinajstić information content (AvgIpc) is 2.48. The van der Waals surface area contributed by atoms with Crippen molar-refractivity contribution in [2.24, 2.45) is 0 Å². The molecule has 0 saturated heterocycles. The smallest absolute Gasteiger partial charge is 0.169 e. The molecule has 19 heavy (non-hydrogen) atoms. The first kappa shape index (κ1) is 12.9. The number of nitriles is 1. The fourth-order valence-corrected chi connectivity index (χ4v) is 1.69. The normalized spacial score (nSPS) is 9.74. The molecule has 0 atom stereocenters. The van der Waals surface area contributed by atoms with E-state index in [1.54, 1.807) is 19.4 Å². The molecule has 4 nitrogen and oxygen atoms in total. The van der Waals surface area contributed by atoms with E-state index in [1.165, 1.54) is 6.20 Å². The second kappa shape index (κ2) is 5.87. The van der Waals surface area contributed by atoms with Gasteiger partial charge in [-0.1, -0.05) is 13.0 Å². The minimum atomic E-state index is 0.424. The van der Waals surface area contributed by atoms with Crippen LogP contribution < -0.4 is 9.47 Å². The molecule has 1 aromatic carbocycles. The van der Waals surface area contributed by atoms with Crippen molar-refractivity contribution in [3.8, 4) is 23.3 Å². The number of hydrogen-bond donors (Lipinski definition) is 0. The van der Waals surface area contributed by atoms with Gasteiger partial charge in [0.15, 0.2) is 17.2 Å². The van der Waals surface area contributed by atoms with Crippen LogP contribution in [0.15, 0.2) is 36.7 Å². The van der Waals surface area contributed by atoms with Gasteiger partial charge in [0.25, 0.3) is 0 Å². The maximum atomic E-state index is 9.02. The number of nitrogens with zero attached hydrogens (tertiary/aromatic N) is 2. The molecule has 0 aliphatic heterocycles. The predicted molar refractivity (Wildman–Crippen MR) is 71.4 cm³/mol. The van der Waals surface area contributed by atoms with Gasteiger partial charge in [-0.2, -0.15) is 5.26 Å². The van der Waals surface area contributed by atoms with Crippen LogP contribution in [0.3, 0.4) is 0 Å². The molecule has 0 aliphatic carbocycles. The largest absolute Gasteiger partial charge is 0.493 e. The number of hydrogen-bond acceptors (Lipinski definition) is 4. The zero-order valence-electron chi connectivity index (χ0n) is 10.9. The lowest BCUT2D eigenvalue weighted by atomic mass is 10.1. The Labute approximate surface area is 112 Å². The maximum Gasteiger partial charge on any atom is 0.169 e. The van der Waals surface area contributed by atoms with Crippen molar-refractivity contribution >= 4 is 0 Å². The number of aromatic nitrogens is 1. The minimum Gasteiger partial charge on any atom is -0.493 e. The quantitative estimate of drug-likeness (QED) is 0.839. The summed E-state index contributed by atoms with van der Waals surface area (Å²) in [6, 6.07) is 9.42. The summed E-state index contributed by atoms with van der Waals surface area (Å²) in [6.07, 6.45) is 4.00. The molecule has 0 radical (unpaired) electrons. The minimum absolute atomic E-state index is 0.424. The number of methoxy groups -OCH3 is 1. The molecular formula is C15H14N2O2. The van der Waals surface area contributed by atoms with Gasteiger partial charge in [0.2, 0.25) is 0 Å². The lowest BCUT2D eigenvalue weighted by Gasteiger charge is -2.11. The predicted octanol–water partition coefficient (Wildman–Crippen LogP) is 3.32. The molecule has 0 N–H and O–H groups in total. The highest BCUT2D eigenvalue weighted by Gasteiger charge is 2.09. The van der Waals surface area contributed by atoms with Crippen LogP contribution in [0.25, 0.3) is 0 Å². The molecule has 2 aromatic rings. The van der Waals surface area contributed by atoms with E-state index in [0.29, 0.717) is 22.8 Å². The Morgan fingerprint density at radius 2 is 2.05 bits per heavy atom. The van der Waals surface area contributed by atoms with Crippen LogP contribution in [-0.4, -0.2) is 12.1 Å². The van der Waals surface area contributed by atoms with Gasteiger partial charge in [-0.15, -0.1) is 0 Å². The van der Waals surface area contributed by atoms with Crippen LogP contribution in [0, 0.1) is 11.3 Å². The number of pyridine rings is 1. The van der Waals surface area contributed by atoms with Crippen molar-refractivity contribution in [3.63, 3.8) is 0 Å². The van der Waals surface area contributed by atoms with Gasteiger partial charge in [-0.25, -0.2) is 0 Å². The summed E-state index contributed by atoms with van der Waals surface area (Å²) in [5.74, 6) is 1.64. The Bertz CT molecular complexity index is 618. The molecule has 1 heterocycles. The Balaban J connectivity index is 2.36. The van der Waals surface area contributed by atoms with Crippen molar-refractivity contribution in [2.75, 3.05) is 7.11 Å². The van der Waals surface area contributed by atoms with Crippen LogP contribution in [-0.2, 0) is 6.42 Å². The molecular weight excluding hydrogens is 240 g/mol. The maximum absolute atomic E-state index is 9.02. The first-order valence-electron chi connectivity index (χ1n) is 5.97. The second-order valence-corrected chi connectivity index (χ2v) is 3.92. The summed E-state index contributed by atoms with van der Waals surface area (Å²) in [4.78, 5) is 3.96. The summed E-state index contributed by atoms with van der Waals surface area (Å²) in [5, 5.41) is 9.02. The number of ether oxygens (including phenoxy) is 2. The molecule has 0 spiro atoms. The highest BCUT2D eigenvalue weighted by Crippen LogP contribution is 2.33. The second-order valence-electron chi connectivity index (χ2n) is 3.92. The van der Waals surface area contributed by atoms with Crippen molar-refractivity contribution in [3.05, 3.63) is 47.8 Å². The Kier molecular flexibility index (Phi) is 3.99. The Morgan fingerprint density at radius 1 is 1.21 bits per heavy atom. The molecule has 4 heteroatoms. The average molecular weight is 254 g/mol. The molecule has 0 bridgehead atoms. The summed E-state index contributed by atoms with van der Waals surface area (Å²) in [5.41, 5.74) is 1.60. The van der Waals surface area contributed by atoms with Crippen molar-refractivity contribution in [1.29, 1.82) is 5.26 Å². The standard InChI is InChI=1S/C15H14N2O2/c1-3-11-4-5-13(14(8-11)18-2)19-15-10-17-7-6-12(15)9-16/h4-8,10H,3H2,1-2H3. The third-order valence-corrected chi connectivity index (χ3v) is 2.76. The van der Waals surface area contributed by atoms with Gasteiger partial charge in [-0.05, 0) is 30.2 Å². The highest BCUT2D eigenvalue weighted by molar-refractivity contribution is 5.48. The zero-order valence-corrected chi connectivity index (χ0v) is 10.9. The molecule has 0 amide bonds. The topological polar surface area (TPSA) is 55.1 Å². The van der Waals surface area contributed by atoms with E-state index in [1.807, 2.05) is 18.2 Å². The van der Waals surface area contributed by atoms with E-state index in [4.69, 9.17) is 14.7 Å². The first-order valence-corrected chi connectivity index (χ1v) is 5.97. The van der Waals surface area contributed by atoms with Gasteiger partial charge in [-0.3, -0.25) is 4.98 Å². The molecule has 1 aromatic heterocycles. The summed E-state index contributed by atoms with van der Waals surface area (Å²) in [7, 11) is 1.59. The summed E-state index contributed by atoms with van der Waals surface area (Å²) < 4.78 is 11.0. The fourth-order valence-electron chi connectivity index (χ4n) is 1.69. The van der Waals surface area contributed by atoms with Crippen LogP contribution >= 0.6 is 0 Å². The summed E-state index contributed by atoms with van der Waals surface area (Å²) in [6.45, 7) is 2.07. The van der Waals surface area contributed by atoms with E-state index in [0.717, 1.165) is 12.0 Å². The lowest BCUT2D eigenvalue weighted by Crippen LogP contribution is -1.94. The van der Waals surface area contributed by atoms with E-state index in [2.05, 4.69) is 18.0 Å². The molecule has 0 aliphatic rings. The third kappa shape index (κ3) is 2.83. The lowest BCUT2D eigenvalue weighted by molar-refractivity contribution is 0.377. The molecule has 0 unspecified atom stereocenters. The van der Waals surface area contributed by atoms with Crippen molar-refractivity contribution in [2.45, 2.75) is 13.3 Å². The van der Waals surface area contributed by atoms with Gasteiger partial charge >= 0.3 is 0 Å². The van der Waals surface area contributed by atoms with Gasteiger partial charge in [0.1, 0.15) is 6.07 Å². The van der Waals surface area contributed by atoms with Gasteiger partial charge in [0, 0.05) is 6.20 Å². The van der Waals surface area contributed by atoms with E-state index in [-0.39, 0.29) is 0 Å². The molecule has 0 fully saturated rings. The van der Waals surface area contributed by atoms with Crippen LogP contribution in [0.1, 0.15) is 18.1 Å². The molecule has 0 saturated carbocycles. The highest BCUT2D eigenvalue weighted by atomic mass is 16.5. The third-order valence-electron chi connectivity index (χ3n) is 2.76. The van der Waals surface area contributed by atoms with E-state index < -0.39 is 0 Å². The summed E-state index contributed by atoms with van der Waals surface area (Å²) >= 11 is 0. The first-order chi connectivity index (χ1) is 9.28. The Hall–Kier alpha value is -2.54.